The average molecular weight is 358 g/mol. The number of carbonyl (C=O) groups is 1. The highest BCUT2D eigenvalue weighted by Crippen LogP contribution is 2.25. The van der Waals surface area contributed by atoms with Crippen LogP contribution in [0.2, 0.25) is 0 Å². The molecule has 1 aliphatic heterocycles. The number of carbonyl (C=O) groups excluding carboxylic acids is 1. The van der Waals surface area contributed by atoms with Crippen LogP contribution in [0.25, 0.3) is 0 Å². The van der Waals surface area contributed by atoms with Gasteiger partial charge in [0.15, 0.2) is 5.75 Å². The standard InChI is InChI=1S/C14H20BrN3O3/c1-14(2,3)18(17-7-8-20-10-12(17)15)13(19)21-11-5-4-6-16-9-11/h4-6,9,12H,7-8,10H2,1-3H3. The molecule has 1 aromatic rings. The number of morpholine rings is 1. The molecule has 1 aromatic heterocycles. The normalized spacial score (nSPS) is 20.1. The summed E-state index contributed by atoms with van der Waals surface area (Å²) < 4.78 is 10.8. The summed E-state index contributed by atoms with van der Waals surface area (Å²) >= 11 is 3.54. The van der Waals surface area contributed by atoms with E-state index in [1.54, 1.807) is 23.3 Å². The maximum Gasteiger partial charge on any atom is 0.430 e. The Morgan fingerprint density at radius 3 is 2.90 bits per heavy atom. The molecular weight excluding hydrogens is 338 g/mol. The zero-order valence-electron chi connectivity index (χ0n) is 12.5. The van der Waals surface area contributed by atoms with Gasteiger partial charge in [-0.3, -0.25) is 4.98 Å². The van der Waals surface area contributed by atoms with Crippen molar-refractivity contribution in [2.24, 2.45) is 0 Å². The average Bonchev–Trinajstić information content (AvgIpc) is 2.41. The molecule has 1 amide bonds. The van der Waals surface area contributed by atoms with Crippen molar-refractivity contribution >= 4 is 22.0 Å². The first-order valence-electron chi connectivity index (χ1n) is 6.80. The summed E-state index contributed by atoms with van der Waals surface area (Å²) in [6.07, 6.45) is 2.72. The number of nitrogens with zero attached hydrogens (tertiary/aromatic N) is 3. The van der Waals surface area contributed by atoms with Crippen LogP contribution >= 0.6 is 15.9 Å². The molecule has 116 valence electrons. The van der Waals surface area contributed by atoms with E-state index in [0.717, 1.165) is 0 Å². The van der Waals surface area contributed by atoms with Crippen molar-refractivity contribution < 1.29 is 14.3 Å². The first-order valence-corrected chi connectivity index (χ1v) is 7.71. The van der Waals surface area contributed by atoms with E-state index in [1.807, 2.05) is 25.8 Å². The lowest BCUT2D eigenvalue weighted by Gasteiger charge is -2.46. The summed E-state index contributed by atoms with van der Waals surface area (Å²) in [5.41, 5.74) is -0.414. The Morgan fingerprint density at radius 1 is 1.57 bits per heavy atom. The molecule has 21 heavy (non-hydrogen) atoms. The summed E-state index contributed by atoms with van der Waals surface area (Å²) in [5.74, 6) is 0.427. The topological polar surface area (TPSA) is 54.9 Å². The van der Waals surface area contributed by atoms with Gasteiger partial charge in [-0.15, -0.1) is 0 Å². The Labute approximate surface area is 133 Å². The van der Waals surface area contributed by atoms with Crippen molar-refractivity contribution in [3.8, 4) is 5.75 Å². The first kappa shape index (κ1) is 16.2. The lowest BCUT2D eigenvalue weighted by molar-refractivity contribution is -0.118. The zero-order valence-corrected chi connectivity index (χ0v) is 14.0. The molecule has 0 spiro atoms. The monoisotopic (exact) mass is 357 g/mol. The summed E-state index contributed by atoms with van der Waals surface area (Å²) in [4.78, 5) is 16.5. The van der Waals surface area contributed by atoms with Crippen LogP contribution in [0.15, 0.2) is 24.5 Å². The predicted molar refractivity (Wildman–Crippen MR) is 82.1 cm³/mol. The number of hydrogen-bond acceptors (Lipinski definition) is 5. The van der Waals surface area contributed by atoms with Crippen molar-refractivity contribution in [3.63, 3.8) is 0 Å². The van der Waals surface area contributed by atoms with Crippen molar-refractivity contribution in [2.45, 2.75) is 31.3 Å². The van der Waals surface area contributed by atoms with E-state index in [9.17, 15) is 4.79 Å². The largest absolute Gasteiger partial charge is 0.430 e. The molecule has 1 saturated heterocycles. The van der Waals surface area contributed by atoms with E-state index >= 15 is 0 Å². The third-order valence-electron chi connectivity index (χ3n) is 2.95. The molecule has 1 unspecified atom stereocenters. The number of ether oxygens (including phenoxy) is 2. The van der Waals surface area contributed by atoms with E-state index in [0.29, 0.717) is 25.5 Å². The summed E-state index contributed by atoms with van der Waals surface area (Å²) in [6.45, 7) is 7.61. The molecule has 0 radical (unpaired) electrons. The quantitative estimate of drug-likeness (QED) is 0.601. The number of alkyl halides is 1. The van der Waals surface area contributed by atoms with Crippen LogP contribution in [0.4, 0.5) is 4.79 Å². The minimum absolute atomic E-state index is 0.0630. The number of hydrazine groups is 1. The number of aromatic nitrogens is 1. The Morgan fingerprint density at radius 2 is 2.33 bits per heavy atom. The second-order valence-electron chi connectivity index (χ2n) is 5.71. The first-order chi connectivity index (χ1) is 9.89. The van der Waals surface area contributed by atoms with Gasteiger partial charge in [0.2, 0.25) is 0 Å². The molecule has 6 nitrogen and oxygen atoms in total. The third-order valence-corrected chi connectivity index (χ3v) is 3.69. The van der Waals surface area contributed by atoms with Gasteiger partial charge in [0.1, 0.15) is 4.95 Å². The molecule has 1 aliphatic rings. The number of halogens is 1. The maximum atomic E-state index is 12.6. The fourth-order valence-electron chi connectivity index (χ4n) is 2.11. The minimum Gasteiger partial charge on any atom is -0.408 e. The van der Waals surface area contributed by atoms with Crippen LogP contribution in [0, 0.1) is 0 Å². The van der Waals surface area contributed by atoms with Gasteiger partial charge in [-0.05, 0) is 32.9 Å². The van der Waals surface area contributed by atoms with Gasteiger partial charge in [0, 0.05) is 12.7 Å². The molecule has 7 heteroatoms. The molecule has 2 rings (SSSR count). The molecule has 0 aromatic carbocycles. The molecule has 0 bridgehead atoms. The number of pyridine rings is 1. The van der Waals surface area contributed by atoms with Gasteiger partial charge < -0.3 is 9.47 Å². The van der Waals surface area contributed by atoms with Gasteiger partial charge in [0.05, 0.1) is 24.9 Å². The third kappa shape index (κ3) is 4.15. The molecule has 1 atom stereocenters. The second kappa shape index (κ2) is 6.72. The summed E-state index contributed by atoms with van der Waals surface area (Å²) in [5, 5.41) is 3.56. The number of amides is 1. The van der Waals surface area contributed by atoms with Gasteiger partial charge in [-0.1, -0.05) is 15.9 Å². The number of hydrogen-bond donors (Lipinski definition) is 0. The zero-order chi connectivity index (χ0) is 15.5. The lowest BCUT2D eigenvalue weighted by atomic mass is 10.1. The van der Waals surface area contributed by atoms with Crippen LogP contribution in [0.3, 0.4) is 0 Å². The van der Waals surface area contributed by atoms with E-state index in [-0.39, 0.29) is 4.95 Å². The van der Waals surface area contributed by atoms with Crippen LogP contribution in [-0.2, 0) is 4.74 Å². The second-order valence-corrected chi connectivity index (χ2v) is 6.77. The van der Waals surface area contributed by atoms with Crippen molar-refractivity contribution in [1.82, 2.24) is 15.0 Å². The van der Waals surface area contributed by atoms with E-state index < -0.39 is 11.6 Å². The van der Waals surface area contributed by atoms with Crippen LogP contribution < -0.4 is 4.74 Å². The molecule has 0 saturated carbocycles. The predicted octanol–water partition coefficient (Wildman–Crippen LogP) is 2.65. The molecule has 1 fully saturated rings. The molecule has 0 aliphatic carbocycles. The van der Waals surface area contributed by atoms with Gasteiger partial charge >= 0.3 is 6.09 Å². The van der Waals surface area contributed by atoms with E-state index in [1.165, 1.54) is 6.20 Å². The minimum atomic E-state index is -0.429. The fraction of sp³-hybridized carbons (Fsp3) is 0.571. The highest BCUT2D eigenvalue weighted by Gasteiger charge is 2.38. The van der Waals surface area contributed by atoms with Crippen LogP contribution in [-0.4, -0.2) is 51.3 Å². The van der Waals surface area contributed by atoms with Crippen LogP contribution in [0.1, 0.15) is 20.8 Å². The highest BCUT2D eigenvalue weighted by molar-refractivity contribution is 9.09. The molecule has 2 heterocycles. The van der Waals surface area contributed by atoms with E-state index in [4.69, 9.17) is 9.47 Å². The highest BCUT2D eigenvalue weighted by atomic mass is 79.9. The lowest BCUT2D eigenvalue weighted by Crippen LogP contribution is -2.61. The number of rotatable bonds is 2. The smallest absolute Gasteiger partial charge is 0.408 e. The maximum absolute atomic E-state index is 12.6. The van der Waals surface area contributed by atoms with E-state index in [2.05, 4.69) is 20.9 Å². The Bertz CT molecular complexity index is 478. The van der Waals surface area contributed by atoms with Crippen molar-refractivity contribution in [3.05, 3.63) is 24.5 Å². The van der Waals surface area contributed by atoms with Crippen molar-refractivity contribution in [2.75, 3.05) is 19.8 Å². The fourth-order valence-corrected chi connectivity index (χ4v) is 2.68. The SMILES string of the molecule is CC(C)(C)N(C(=O)Oc1cccnc1)N1CCOCC1Br. The van der Waals surface area contributed by atoms with Crippen molar-refractivity contribution in [1.29, 1.82) is 0 Å². The van der Waals surface area contributed by atoms with Gasteiger partial charge in [-0.2, -0.15) is 5.01 Å². The molecular formula is C14H20BrN3O3. The summed E-state index contributed by atoms with van der Waals surface area (Å²) in [7, 11) is 0. The van der Waals surface area contributed by atoms with Crippen LogP contribution in [0.5, 0.6) is 5.75 Å². The Balaban J connectivity index is 2.18. The molecule has 0 N–H and O–H groups in total. The Hall–Kier alpha value is -1.18. The Kier molecular flexibility index (Phi) is 5.18. The van der Waals surface area contributed by atoms with Gasteiger partial charge in [-0.25, -0.2) is 9.80 Å². The summed E-state index contributed by atoms with van der Waals surface area (Å²) in [6, 6.07) is 3.43. The van der Waals surface area contributed by atoms with Gasteiger partial charge in [0.25, 0.3) is 0 Å².